The normalized spacial score (nSPS) is 12.8. The molecule has 0 spiro atoms. The number of nitrogens with two attached hydrogens (primary N) is 1. The van der Waals surface area contributed by atoms with Gasteiger partial charge < -0.3 is 10.5 Å². The highest BCUT2D eigenvalue weighted by Crippen LogP contribution is 2.28. The Morgan fingerprint density at radius 1 is 1.40 bits per heavy atom. The van der Waals surface area contributed by atoms with Crippen LogP contribution in [-0.2, 0) is 4.74 Å². The Bertz CT molecular complexity index is 584. The monoisotopic (exact) mass is 295 g/mol. The molecule has 2 aromatic rings. The minimum atomic E-state index is 0.0568. The van der Waals surface area contributed by atoms with Crippen molar-refractivity contribution < 1.29 is 4.74 Å². The van der Waals surface area contributed by atoms with Crippen LogP contribution in [0.25, 0.3) is 11.4 Å². The molecule has 0 bridgehead atoms. The fraction of sp³-hybridized carbons (Fsp3) is 0.462. The zero-order chi connectivity index (χ0) is 14.7. The van der Waals surface area contributed by atoms with Gasteiger partial charge in [0, 0.05) is 12.7 Å². The molecule has 0 radical (unpaired) electrons. The third kappa shape index (κ3) is 2.91. The highest BCUT2D eigenvalue weighted by atomic mass is 35.5. The molecule has 108 valence electrons. The van der Waals surface area contributed by atoms with E-state index in [0.717, 1.165) is 5.56 Å². The maximum absolute atomic E-state index is 6.06. The number of aromatic nitrogens is 4. The quantitative estimate of drug-likeness (QED) is 0.857. The van der Waals surface area contributed by atoms with Crippen LogP contribution in [0.4, 0.5) is 5.69 Å². The number of tetrazole rings is 1. The first-order valence-corrected chi connectivity index (χ1v) is 6.74. The van der Waals surface area contributed by atoms with Crippen LogP contribution in [-0.4, -0.2) is 33.9 Å². The van der Waals surface area contributed by atoms with E-state index in [1.165, 1.54) is 0 Å². The van der Waals surface area contributed by atoms with Gasteiger partial charge >= 0.3 is 0 Å². The maximum Gasteiger partial charge on any atom is 0.182 e. The van der Waals surface area contributed by atoms with E-state index in [4.69, 9.17) is 22.1 Å². The Balaban J connectivity index is 2.43. The molecular weight excluding hydrogens is 278 g/mol. The SMILES string of the molecule is COCC(C(C)C)n1nnnc1-c1ccc(N)c(Cl)c1. The summed E-state index contributed by atoms with van der Waals surface area (Å²) >= 11 is 6.06. The maximum atomic E-state index is 6.06. The van der Waals surface area contributed by atoms with Gasteiger partial charge in [-0.05, 0) is 34.5 Å². The standard InChI is InChI=1S/C13H18ClN5O/c1-8(2)12(7-20-3)19-13(16-17-18-19)9-4-5-11(15)10(14)6-9/h4-6,8,12H,7,15H2,1-3H3. The van der Waals surface area contributed by atoms with Crippen molar-refractivity contribution in [3.8, 4) is 11.4 Å². The lowest BCUT2D eigenvalue weighted by Crippen LogP contribution is -2.22. The summed E-state index contributed by atoms with van der Waals surface area (Å²) in [6.45, 7) is 4.74. The third-order valence-corrected chi connectivity index (χ3v) is 3.50. The second-order valence-corrected chi connectivity index (χ2v) is 5.36. The number of rotatable bonds is 5. The highest BCUT2D eigenvalue weighted by molar-refractivity contribution is 6.33. The van der Waals surface area contributed by atoms with E-state index < -0.39 is 0 Å². The Hall–Kier alpha value is -1.66. The minimum absolute atomic E-state index is 0.0568. The number of halogens is 1. The zero-order valence-electron chi connectivity index (χ0n) is 11.7. The van der Waals surface area contributed by atoms with Gasteiger partial charge in [0.1, 0.15) is 0 Å². The summed E-state index contributed by atoms with van der Waals surface area (Å²) in [7, 11) is 1.67. The predicted molar refractivity (Wildman–Crippen MR) is 78.4 cm³/mol. The fourth-order valence-corrected chi connectivity index (χ4v) is 2.17. The van der Waals surface area contributed by atoms with Crippen LogP contribution >= 0.6 is 11.6 Å². The fourth-order valence-electron chi connectivity index (χ4n) is 1.99. The van der Waals surface area contributed by atoms with E-state index in [-0.39, 0.29) is 6.04 Å². The van der Waals surface area contributed by atoms with Gasteiger partial charge in [0.15, 0.2) is 5.82 Å². The lowest BCUT2D eigenvalue weighted by molar-refractivity contribution is 0.126. The Morgan fingerprint density at radius 3 is 2.75 bits per heavy atom. The topological polar surface area (TPSA) is 78.8 Å². The Labute approximate surface area is 122 Å². The molecule has 6 nitrogen and oxygen atoms in total. The minimum Gasteiger partial charge on any atom is -0.398 e. The van der Waals surface area contributed by atoms with E-state index in [9.17, 15) is 0 Å². The molecule has 1 heterocycles. The largest absolute Gasteiger partial charge is 0.398 e. The Kier molecular flexibility index (Phi) is 4.57. The molecule has 1 aromatic carbocycles. The molecule has 2 N–H and O–H groups in total. The van der Waals surface area contributed by atoms with Crippen LogP contribution in [0.2, 0.25) is 5.02 Å². The van der Waals surface area contributed by atoms with Crippen LogP contribution in [0.3, 0.4) is 0 Å². The van der Waals surface area contributed by atoms with Gasteiger partial charge in [-0.3, -0.25) is 0 Å². The summed E-state index contributed by atoms with van der Waals surface area (Å²) in [5, 5.41) is 12.4. The summed E-state index contributed by atoms with van der Waals surface area (Å²) in [4.78, 5) is 0. The van der Waals surface area contributed by atoms with Gasteiger partial charge in [0.25, 0.3) is 0 Å². The lowest BCUT2D eigenvalue weighted by Gasteiger charge is -2.21. The molecule has 0 aliphatic carbocycles. The summed E-state index contributed by atoms with van der Waals surface area (Å²) in [6, 6.07) is 5.43. The number of hydrogen-bond acceptors (Lipinski definition) is 5. The van der Waals surface area contributed by atoms with Gasteiger partial charge in [-0.15, -0.1) is 5.10 Å². The predicted octanol–water partition coefficient (Wildman–Crippen LogP) is 2.42. The Morgan fingerprint density at radius 2 is 2.15 bits per heavy atom. The average Bonchev–Trinajstić information content (AvgIpc) is 2.87. The molecule has 2 rings (SSSR count). The summed E-state index contributed by atoms with van der Waals surface area (Å²) in [5.41, 5.74) is 7.09. The van der Waals surface area contributed by atoms with Crippen molar-refractivity contribution in [2.24, 2.45) is 5.92 Å². The molecule has 0 saturated heterocycles. The molecule has 0 aliphatic rings. The zero-order valence-corrected chi connectivity index (χ0v) is 12.5. The third-order valence-electron chi connectivity index (χ3n) is 3.17. The molecular formula is C13H18ClN5O. The van der Waals surface area contributed by atoms with Crippen LogP contribution in [0, 0.1) is 5.92 Å². The molecule has 0 saturated carbocycles. The van der Waals surface area contributed by atoms with Crippen molar-refractivity contribution in [2.75, 3.05) is 19.5 Å². The highest BCUT2D eigenvalue weighted by Gasteiger charge is 2.21. The summed E-state index contributed by atoms with van der Waals surface area (Å²) in [6.07, 6.45) is 0. The second kappa shape index (κ2) is 6.19. The average molecular weight is 296 g/mol. The van der Waals surface area contributed by atoms with Crippen molar-refractivity contribution in [1.29, 1.82) is 0 Å². The van der Waals surface area contributed by atoms with E-state index in [1.54, 1.807) is 23.9 Å². The van der Waals surface area contributed by atoms with E-state index >= 15 is 0 Å². The molecule has 7 heteroatoms. The number of nitrogen functional groups attached to an aromatic ring is 1. The van der Waals surface area contributed by atoms with Gasteiger partial charge in [-0.1, -0.05) is 25.4 Å². The summed E-state index contributed by atoms with van der Waals surface area (Å²) in [5.74, 6) is 0.990. The van der Waals surface area contributed by atoms with Gasteiger partial charge in [-0.25, -0.2) is 4.68 Å². The first-order valence-electron chi connectivity index (χ1n) is 6.36. The van der Waals surface area contributed by atoms with Crippen molar-refractivity contribution in [1.82, 2.24) is 20.2 Å². The molecule has 1 atom stereocenters. The number of ether oxygens (including phenoxy) is 1. The van der Waals surface area contributed by atoms with Crippen LogP contribution in [0.15, 0.2) is 18.2 Å². The van der Waals surface area contributed by atoms with Crippen molar-refractivity contribution in [3.05, 3.63) is 23.2 Å². The molecule has 1 unspecified atom stereocenters. The first-order chi connectivity index (χ1) is 9.54. The molecule has 20 heavy (non-hydrogen) atoms. The van der Waals surface area contributed by atoms with Crippen molar-refractivity contribution in [3.63, 3.8) is 0 Å². The van der Waals surface area contributed by atoms with Crippen LogP contribution in [0.1, 0.15) is 19.9 Å². The number of methoxy groups -OCH3 is 1. The molecule has 1 aromatic heterocycles. The van der Waals surface area contributed by atoms with E-state index in [0.29, 0.717) is 29.1 Å². The van der Waals surface area contributed by atoms with Crippen molar-refractivity contribution in [2.45, 2.75) is 19.9 Å². The molecule has 0 fully saturated rings. The van der Waals surface area contributed by atoms with E-state index in [1.807, 2.05) is 6.07 Å². The van der Waals surface area contributed by atoms with Crippen LogP contribution < -0.4 is 5.73 Å². The number of anilines is 1. The number of nitrogens with zero attached hydrogens (tertiary/aromatic N) is 4. The molecule has 0 aliphatic heterocycles. The molecule has 0 amide bonds. The van der Waals surface area contributed by atoms with Gasteiger partial charge in [-0.2, -0.15) is 0 Å². The summed E-state index contributed by atoms with van der Waals surface area (Å²) < 4.78 is 7.03. The lowest BCUT2D eigenvalue weighted by atomic mass is 10.1. The van der Waals surface area contributed by atoms with Crippen LogP contribution in [0.5, 0.6) is 0 Å². The van der Waals surface area contributed by atoms with Gasteiger partial charge in [0.05, 0.1) is 23.4 Å². The van der Waals surface area contributed by atoms with Crippen molar-refractivity contribution >= 4 is 17.3 Å². The number of hydrogen-bond donors (Lipinski definition) is 1. The first kappa shape index (κ1) is 14.7. The van der Waals surface area contributed by atoms with E-state index in [2.05, 4.69) is 29.4 Å². The number of benzene rings is 1. The second-order valence-electron chi connectivity index (χ2n) is 4.95. The van der Waals surface area contributed by atoms with Gasteiger partial charge in [0.2, 0.25) is 0 Å². The smallest absolute Gasteiger partial charge is 0.182 e.